The quantitative estimate of drug-likeness (QED) is 0.671. The molecule has 1 aromatic rings. The molecular formula is C10H14N2. The van der Waals surface area contributed by atoms with Crippen LogP contribution in [0, 0.1) is 0 Å². The average Bonchev–Trinajstić information content (AvgIpc) is 2.16. The van der Waals surface area contributed by atoms with Crippen LogP contribution in [0.5, 0.6) is 0 Å². The lowest BCUT2D eigenvalue weighted by Crippen LogP contribution is -2.13. The van der Waals surface area contributed by atoms with Crippen LogP contribution in [0.2, 0.25) is 0 Å². The maximum absolute atomic E-state index is 5.42. The predicted octanol–water partition coefficient (Wildman–Crippen LogP) is 1.45. The summed E-state index contributed by atoms with van der Waals surface area (Å²) in [4.78, 5) is 4.26. The van der Waals surface area contributed by atoms with Crippen LogP contribution in [-0.2, 0) is 0 Å². The minimum absolute atomic E-state index is 0.213. The maximum Gasteiger partial charge on any atom is 0.0593 e. The van der Waals surface area contributed by atoms with Gasteiger partial charge < -0.3 is 5.73 Å². The fourth-order valence-corrected chi connectivity index (χ4v) is 0.813. The van der Waals surface area contributed by atoms with Crippen molar-refractivity contribution in [1.29, 1.82) is 0 Å². The minimum Gasteiger partial charge on any atom is -0.328 e. The molecule has 64 valence electrons. The molecule has 0 radical (unpaired) electrons. The van der Waals surface area contributed by atoms with Crippen molar-refractivity contribution in [2.45, 2.75) is 13.0 Å². The molecule has 1 aromatic carbocycles. The Bertz CT molecular complexity index is 241. The number of hydrogen-bond acceptors (Lipinski definition) is 2. The molecule has 2 nitrogen and oxygen atoms in total. The molecule has 0 fully saturated rings. The van der Waals surface area contributed by atoms with E-state index in [4.69, 9.17) is 5.73 Å². The zero-order chi connectivity index (χ0) is 8.81. The van der Waals surface area contributed by atoms with Gasteiger partial charge in [-0.1, -0.05) is 30.3 Å². The lowest BCUT2D eigenvalue weighted by Gasteiger charge is -1.99. The van der Waals surface area contributed by atoms with Gasteiger partial charge >= 0.3 is 0 Å². The highest BCUT2D eigenvalue weighted by atomic mass is 14.8. The van der Waals surface area contributed by atoms with Gasteiger partial charge in [0, 0.05) is 12.8 Å². The molecule has 0 aliphatic carbocycles. The Morgan fingerprint density at radius 2 is 2.08 bits per heavy atom. The van der Waals surface area contributed by atoms with Crippen LogP contribution < -0.4 is 5.73 Å². The summed E-state index contributed by atoms with van der Waals surface area (Å²) in [5, 5.41) is 0. The van der Waals surface area contributed by atoms with E-state index in [-0.39, 0.29) is 6.04 Å². The first-order valence-corrected chi connectivity index (χ1v) is 4.11. The Morgan fingerprint density at radius 3 is 2.67 bits per heavy atom. The predicted molar refractivity (Wildman–Crippen MR) is 52.6 cm³/mol. The second kappa shape index (κ2) is 4.67. The van der Waals surface area contributed by atoms with E-state index in [1.165, 1.54) is 0 Å². The zero-order valence-corrected chi connectivity index (χ0v) is 7.27. The summed E-state index contributed by atoms with van der Waals surface area (Å²) in [7, 11) is 0. The van der Waals surface area contributed by atoms with Crippen molar-refractivity contribution < 1.29 is 0 Å². The molecule has 1 atom stereocenters. The smallest absolute Gasteiger partial charge is 0.0593 e. The summed E-state index contributed by atoms with van der Waals surface area (Å²) in [6, 6.07) is 10.2. The van der Waals surface area contributed by atoms with Crippen LogP contribution in [0.1, 0.15) is 12.5 Å². The molecule has 2 N–H and O–H groups in total. The van der Waals surface area contributed by atoms with Crippen molar-refractivity contribution >= 4 is 6.21 Å². The van der Waals surface area contributed by atoms with Crippen LogP contribution in [-0.4, -0.2) is 18.8 Å². The fourth-order valence-electron chi connectivity index (χ4n) is 0.813. The van der Waals surface area contributed by atoms with Gasteiger partial charge in [0.15, 0.2) is 0 Å². The van der Waals surface area contributed by atoms with Crippen molar-refractivity contribution in [1.82, 2.24) is 0 Å². The SMILES string of the molecule is CC(CN)/N=C/c1ccccc1. The van der Waals surface area contributed by atoms with Gasteiger partial charge in [0.25, 0.3) is 0 Å². The number of rotatable bonds is 3. The number of benzene rings is 1. The first-order chi connectivity index (χ1) is 5.83. The van der Waals surface area contributed by atoms with E-state index >= 15 is 0 Å². The Labute approximate surface area is 73.1 Å². The van der Waals surface area contributed by atoms with Gasteiger partial charge in [-0.3, -0.25) is 4.99 Å². The van der Waals surface area contributed by atoms with Crippen LogP contribution >= 0.6 is 0 Å². The van der Waals surface area contributed by atoms with E-state index in [0.717, 1.165) is 5.56 Å². The highest BCUT2D eigenvalue weighted by Crippen LogP contribution is 1.95. The summed E-state index contributed by atoms with van der Waals surface area (Å²) in [5.74, 6) is 0. The zero-order valence-electron chi connectivity index (χ0n) is 7.27. The lowest BCUT2D eigenvalue weighted by molar-refractivity contribution is 0.758. The molecule has 1 unspecified atom stereocenters. The molecule has 2 heteroatoms. The molecule has 0 aromatic heterocycles. The number of aliphatic imine (C=N–C) groups is 1. The second-order valence-corrected chi connectivity index (χ2v) is 2.77. The Morgan fingerprint density at radius 1 is 1.42 bits per heavy atom. The van der Waals surface area contributed by atoms with Crippen molar-refractivity contribution in [2.75, 3.05) is 6.54 Å². The van der Waals surface area contributed by atoms with Crippen LogP contribution in [0.4, 0.5) is 0 Å². The molecule has 0 spiro atoms. The third-order valence-corrected chi connectivity index (χ3v) is 1.62. The van der Waals surface area contributed by atoms with Crippen LogP contribution in [0.25, 0.3) is 0 Å². The van der Waals surface area contributed by atoms with E-state index in [1.807, 2.05) is 43.5 Å². The summed E-state index contributed by atoms with van der Waals surface area (Å²) in [6.45, 7) is 2.60. The lowest BCUT2D eigenvalue weighted by atomic mass is 10.2. The second-order valence-electron chi connectivity index (χ2n) is 2.77. The summed E-state index contributed by atoms with van der Waals surface area (Å²) < 4.78 is 0. The molecule has 12 heavy (non-hydrogen) atoms. The highest BCUT2D eigenvalue weighted by Gasteiger charge is 1.91. The van der Waals surface area contributed by atoms with E-state index in [2.05, 4.69) is 4.99 Å². The molecule has 0 bridgehead atoms. The Kier molecular flexibility index (Phi) is 3.48. The van der Waals surface area contributed by atoms with Gasteiger partial charge in [0.1, 0.15) is 0 Å². The van der Waals surface area contributed by atoms with Crippen LogP contribution in [0.15, 0.2) is 35.3 Å². The highest BCUT2D eigenvalue weighted by molar-refractivity contribution is 5.79. The van der Waals surface area contributed by atoms with Crippen LogP contribution in [0.3, 0.4) is 0 Å². The minimum atomic E-state index is 0.213. The van der Waals surface area contributed by atoms with Gasteiger partial charge in [-0.05, 0) is 12.5 Å². The van der Waals surface area contributed by atoms with Crippen molar-refractivity contribution in [3.8, 4) is 0 Å². The van der Waals surface area contributed by atoms with E-state index in [9.17, 15) is 0 Å². The van der Waals surface area contributed by atoms with Crippen molar-refractivity contribution in [3.05, 3.63) is 35.9 Å². The molecular weight excluding hydrogens is 148 g/mol. The molecule has 0 amide bonds. The topological polar surface area (TPSA) is 38.4 Å². The molecule has 0 heterocycles. The number of nitrogens with two attached hydrogens (primary N) is 1. The first kappa shape index (κ1) is 8.94. The van der Waals surface area contributed by atoms with Gasteiger partial charge in [0.2, 0.25) is 0 Å². The van der Waals surface area contributed by atoms with E-state index in [1.54, 1.807) is 0 Å². The van der Waals surface area contributed by atoms with E-state index < -0.39 is 0 Å². The largest absolute Gasteiger partial charge is 0.328 e. The Balaban J connectivity index is 2.58. The van der Waals surface area contributed by atoms with Gasteiger partial charge in [-0.2, -0.15) is 0 Å². The molecule has 0 aliphatic rings. The monoisotopic (exact) mass is 162 g/mol. The van der Waals surface area contributed by atoms with Crippen molar-refractivity contribution in [3.63, 3.8) is 0 Å². The third-order valence-electron chi connectivity index (χ3n) is 1.62. The van der Waals surface area contributed by atoms with Gasteiger partial charge in [0.05, 0.1) is 6.04 Å². The van der Waals surface area contributed by atoms with Crippen molar-refractivity contribution in [2.24, 2.45) is 10.7 Å². The number of hydrogen-bond donors (Lipinski definition) is 1. The van der Waals surface area contributed by atoms with E-state index in [0.29, 0.717) is 6.54 Å². The normalized spacial score (nSPS) is 13.5. The first-order valence-electron chi connectivity index (χ1n) is 4.11. The standard InChI is InChI=1S/C10H14N2/c1-9(7-11)12-8-10-5-3-2-4-6-10/h2-6,8-9H,7,11H2,1H3/b12-8+. The van der Waals surface area contributed by atoms with Gasteiger partial charge in [-0.15, -0.1) is 0 Å². The summed E-state index contributed by atoms with van der Waals surface area (Å²) in [5.41, 5.74) is 6.55. The third kappa shape index (κ3) is 2.84. The molecule has 1 rings (SSSR count). The molecule has 0 saturated carbocycles. The Hall–Kier alpha value is -1.15. The molecule has 0 aliphatic heterocycles. The summed E-state index contributed by atoms with van der Waals surface area (Å²) >= 11 is 0. The van der Waals surface area contributed by atoms with Gasteiger partial charge in [-0.25, -0.2) is 0 Å². The number of nitrogens with zero attached hydrogens (tertiary/aromatic N) is 1. The molecule has 0 saturated heterocycles. The average molecular weight is 162 g/mol. The fraction of sp³-hybridized carbons (Fsp3) is 0.300. The summed E-state index contributed by atoms with van der Waals surface area (Å²) in [6.07, 6.45) is 1.86. The maximum atomic E-state index is 5.42.